The Bertz CT molecular complexity index is 1530. The van der Waals surface area contributed by atoms with E-state index in [1.807, 2.05) is 0 Å². The molecular weight excluding hydrogens is 616 g/mol. The highest BCUT2D eigenvalue weighted by atomic mass is 35.5. The Morgan fingerprint density at radius 1 is 1.10 bits per heavy atom. The van der Waals surface area contributed by atoms with Gasteiger partial charge in [0.25, 0.3) is 0 Å². The Morgan fingerprint density at radius 3 is 2.33 bits per heavy atom. The average Bonchev–Trinajstić information content (AvgIpc) is 3.41. The topological polar surface area (TPSA) is 222 Å². The second-order valence-corrected chi connectivity index (χ2v) is 13.3. The third-order valence-electron chi connectivity index (χ3n) is 6.50. The van der Waals surface area contributed by atoms with Gasteiger partial charge in [-0.3, -0.25) is 14.9 Å². The molecule has 3 atom stereocenters. The van der Waals surface area contributed by atoms with Crippen LogP contribution in [-0.4, -0.2) is 81.1 Å². The second-order valence-electron chi connectivity index (χ2n) is 9.60. The van der Waals surface area contributed by atoms with Gasteiger partial charge in [-0.1, -0.05) is 35.9 Å². The minimum Gasteiger partial charge on any atom is -0.480 e. The number of likely N-dealkylation sites (tertiary alicyclic amines) is 1. The molecule has 14 nitrogen and oxygen atoms in total. The molecule has 0 aliphatic carbocycles. The van der Waals surface area contributed by atoms with Crippen molar-refractivity contribution >= 4 is 49.5 Å². The molecule has 0 spiro atoms. The Kier molecular flexibility index (Phi) is 11.0. The van der Waals surface area contributed by atoms with Crippen molar-refractivity contribution in [3.8, 4) is 0 Å². The number of nitrogens with two attached hydrogens (primary N) is 1. The van der Waals surface area contributed by atoms with E-state index in [4.69, 9.17) is 21.5 Å². The third kappa shape index (κ3) is 8.70. The number of ether oxygens (including phenoxy) is 1. The number of nitrogens with zero attached hydrogens (tertiary/aromatic N) is 1. The first kappa shape index (κ1) is 33.4. The molecule has 2 aromatic carbocycles. The van der Waals surface area contributed by atoms with Crippen molar-refractivity contribution in [3.63, 3.8) is 0 Å². The van der Waals surface area contributed by atoms with Crippen LogP contribution in [0.5, 0.6) is 0 Å². The van der Waals surface area contributed by atoms with Crippen LogP contribution in [0.2, 0.25) is 5.02 Å². The Morgan fingerprint density at radius 2 is 1.74 bits per heavy atom. The molecule has 1 fully saturated rings. The minimum absolute atomic E-state index is 0.0219. The maximum atomic E-state index is 12.7. The molecule has 0 unspecified atom stereocenters. The van der Waals surface area contributed by atoms with Crippen LogP contribution in [0.3, 0.4) is 0 Å². The van der Waals surface area contributed by atoms with E-state index in [1.54, 1.807) is 24.3 Å². The number of carbonyl (C=O) groups is 3. The number of aliphatic carboxylic acids is 2. The van der Waals surface area contributed by atoms with E-state index in [9.17, 15) is 41.4 Å². The van der Waals surface area contributed by atoms with E-state index in [0.717, 1.165) is 18.2 Å². The van der Waals surface area contributed by atoms with Gasteiger partial charge in [-0.25, -0.2) is 31.5 Å². The van der Waals surface area contributed by atoms with Crippen LogP contribution < -0.4 is 15.2 Å². The predicted molar refractivity (Wildman–Crippen MR) is 149 cm³/mol. The number of sulfonamides is 2. The number of nitrogens with one attached hydrogen (secondary N) is 2. The largest absolute Gasteiger partial charge is 0.480 e. The van der Waals surface area contributed by atoms with Crippen molar-refractivity contribution in [2.45, 2.75) is 60.8 Å². The summed E-state index contributed by atoms with van der Waals surface area (Å²) >= 11 is 5.81. The van der Waals surface area contributed by atoms with Crippen molar-refractivity contribution in [1.82, 2.24) is 14.9 Å². The number of halogens is 1. The zero-order valence-electron chi connectivity index (χ0n) is 22.4. The van der Waals surface area contributed by atoms with Gasteiger partial charge >= 0.3 is 11.9 Å². The van der Waals surface area contributed by atoms with Crippen LogP contribution in [0, 0.1) is 0 Å². The molecule has 3 rings (SSSR count). The van der Waals surface area contributed by atoms with Gasteiger partial charge in [0.15, 0.2) is 0 Å². The van der Waals surface area contributed by atoms with Crippen LogP contribution in [0.25, 0.3) is 0 Å². The van der Waals surface area contributed by atoms with E-state index in [0.29, 0.717) is 24.0 Å². The molecule has 1 aliphatic heterocycles. The number of rotatable bonds is 14. The number of hydrogen-bond donors (Lipinski definition) is 5. The Hall–Kier alpha value is -3.12. The normalized spacial score (nSPS) is 17.1. The molecule has 1 saturated heterocycles. The molecule has 0 radical (unpaired) electrons. The zero-order chi connectivity index (χ0) is 31.2. The Labute approximate surface area is 247 Å². The lowest BCUT2D eigenvalue weighted by Crippen LogP contribution is -2.54. The fourth-order valence-corrected chi connectivity index (χ4v) is 6.47. The number of carbonyl (C=O) groups excluding carboxylic acids is 1. The summed E-state index contributed by atoms with van der Waals surface area (Å²) in [6, 6.07) is 6.59. The summed E-state index contributed by atoms with van der Waals surface area (Å²) in [7, 11) is -8.33. The van der Waals surface area contributed by atoms with Crippen LogP contribution in [0.15, 0.2) is 52.3 Å². The highest BCUT2D eigenvalue weighted by Crippen LogP contribution is 2.24. The molecule has 2 aromatic rings. The van der Waals surface area contributed by atoms with Crippen molar-refractivity contribution in [2.75, 3.05) is 13.2 Å². The van der Waals surface area contributed by atoms with Gasteiger partial charge in [0.1, 0.15) is 17.0 Å². The van der Waals surface area contributed by atoms with Gasteiger partial charge in [-0.05, 0) is 49.1 Å². The second kappa shape index (κ2) is 13.9. The van der Waals surface area contributed by atoms with Gasteiger partial charge in [0.05, 0.1) is 29.2 Å². The molecule has 0 bridgehead atoms. The summed E-state index contributed by atoms with van der Waals surface area (Å²) < 4.78 is 56.5. The lowest BCUT2D eigenvalue weighted by Gasteiger charge is -2.27. The molecule has 42 heavy (non-hydrogen) atoms. The van der Waals surface area contributed by atoms with Gasteiger partial charge in [-0.15, -0.1) is 0 Å². The lowest BCUT2D eigenvalue weighted by atomic mass is 10.1. The molecule has 0 saturated carbocycles. The maximum Gasteiger partial charge on any atom is 0.326 e. The monoisotopic (exact) mass is 646 g/mol. The van der Waals surface area contributed by atoms with Crippen LogP contribution >= 0.6 is 11.6 Å². The molecule has 1 amide bonds. The molecule has 0 aromatic heterocycles. The molecule has 1 heterocycles. The van der Waals surface area contributed by atoms with Gasteiger partial charge < -0.3 is 19.8 Å². The van der Waals surface area contributed by atoms with Gasteiger partial charge in [-0.2, -0.15) is 0 Å². The smallest absolute Gasteiger partial charge is 0.326 e. The predicted octanol–water partition coefficient (Wildman–Crippen LogP) is 0.489. The third-order valence-corrected chi connectivity index (χ3v) is 9.29. The first-order valence-electron chi connectivity index (χ1n) is 12.6. The summed E-state index contributed by atoms with van der Waals surface area (Å²) in [4.78, 5) is 36.2. The zero-order valence-corrected chi connectivity index (χ0v) is 24.8. The first-order chi connectivity index (χ1) is 19.6. The van der Waals surface area contributed by atoms with Crippen LogP contribution in [0.1, 0.15) is 30.9 Å². The number of carboxylic acids is 2. The van der Waals surface area contributed by atoms with Crippen LogP contribution in [0.4, 0.5) is 0 Å². The number of hydrogen-bond acceptors (Lipinski definition) is 9. The molecular formula is C25H31ClN4O10S2. The summed E-state index contributed by atoms with van der Waals surface area (Å²) in [6.45, 7) is 1.38. The van der Waals surface area contributed by atoms with E-state index in [1.165, 1.54) is 11.8 Å². The highest BCUT2D eigenvalue weighted by Gasteiger charge is 2.36. The van der Waals surface area contributed by atoms with Gasteiger partial charge in [0, 0.05) is 13.1 Å². The van der Waals surface area contributed by atoms with Crippen molar-refractivity contribution in [3.05, 3.63) is 58.6 Å². The number of amides is 1. The highest BCUT2D eigenvalue weighted by molar-refractivity contribution is 7.90. The quantitative estimate of drug-likeness (QED) is 0.190. The lowest BCUT2D eigenvalue weighted by molar-refractivity contribution is -0.149. The molecule has 6 N–H and O–H groups in total. The molecule has 1 aliphatic rings. The average molecular weight is 647 g/mol. The van der Waals surface area contributed by atoms with Crippen molar-refractivity contribution in [2.24, 2.45) is 5.14 Å². The van der Waals surface area contributed by atoms with Gasteiger partial charge in [0.2, 0.25) is 26.0 Å². The standard InChI is InChI=1S/C25H31ClN4O10S2/c1-15(23(31)30-10-2-3-21(30)25(34)35)29-20(24(32)33)14-40-13-17-6-4-16(5-7-17)12-28-42(38,39)18-8-9-19(26)22(11-18)41(27,36)37/h4-9,11,15,20-21,28-29H,2-3,10,12-14H2,1H3,(H,32,33)(H,34,35)(H2,27,36,37)/t15-,20-,21-/m0/s1. The van der Waals surface area contributed by atoms with Crippen molar-refractivity contribution in [1.29, 1.82) is 0 Å². The fourth-order valence-electron chi connectivity index (χ4n) is 4.28. The van der Waals surface area contributed by atoms with E-state index < -0.39 is 60.9 Å². The van der Waals surface area contributed by atoms with Crippen molar-refractivity contribution < 1.29 is 46.2 Å². The Balaban J connectivity index is 1.52. The summed E-state index contributed by atoms with van der Waals surface area (Å²) in [6.07, 6.45) is 0.893. The SMILES string of the molecule is C[C@H](N[C@@H](COCc1ccc(CNS(=O)(=O)c2ccc(Cl)c(S(N)(=O)=O)c2)cc1)C(=O)O)C(=O)N1CCC[C@H]1C(=O)O. The molecule has 230 valence electrons. The maximum absolute atomic E-state index is 12.7. The van der Waals surface area contributed by atoms with Crippen LogP contribution in [-0.2, 0) is 52.3 Å². The molecule has 17 heteroatoms. The fraction of sp³-hybridized carbons (Fsp3) is 0.400. The summed E-state index contributed by atoms with van der Waals surface area (Å²) in [5.74, 6) is -2.85. The number of primary sulfonamides is 1. The minimum atomic E-state index is -4.23. The van der Waals surface area contributed by atoms with E-state index >= 15 is 0 Å². The summed E-state index contributed by atoms with van der Waals surface area (Å²) in [5.41, 5.74) is 1.23. The van der Waals surface area contributed by atoms with E-state index in [2.05, 4.69) is 10.0 Å². The van der Waals surface area contributed by atoms with E-state index in [-0.39, 0.29) is 36.2 Å². The first-order valence-corrected chi connectivity index (χ1v) is 16.0. The number of carboxylic acid groups (broad SMARTS) is 2. The summed E-state index contributed by atoms with van der Waals surface area (Å²) in [5, 5.41) is 26.4. The number of benzene rings is 2.